The zero-order chi connectivity index (χ0) is 27.1. The van der Waals surface area contributed by atoms with Crippen molar-refractivity contribution in [3.05, 3.63) is 0 Å². The second-order valence-corrected chi connectivity index (χ2v) is 8.32. The molecule has 0 radical (unpaired) electrons. The Hall–Kier alpha value is -3.26. The number of carboxylic acid groups (broad SMARTS) is 2. The summed E-state index contributed by atoms with van der Waals surface area (Å²) in [7, 11) is 0. The first kappa shape index (κ1) is 31.7. The third kappa shape index (κ3) is 12.7. The number of nitrogens with one attached hydrogen (secondary N) is 3. The first-order valence-electron chi connectivity index (χ1n) is 11.4. The van der Waals surface area contributed by atoms with Crippen LogP contribution in [0.15, 0.2) is 0 Å². The lowest BCUT2D eigenvalue weighted by Crippen LogP contribution is -2.57. The predicted octanol–water partition coefficient (Wildman–Crippen LogP) is -2.23. The smallest absolute Gasteiger partial charge is 0.326 e. The van der Waals surface area contributed by atoms with Crippen molar-refractivity contribution in [3.63, 3.8) is 0 Å². The average Bonchev–Trinajstić information content (AvgIpc) is 2.78. The van der Waals surface area contributed by atoms with Gasteiger partial charge < -0.3 is 43.4 Å². The number of amides is 4. The Morgan fingerprint density at radius 2 is 1.34 bits per heavy atom. The second kappa shape index (κ2) is 16.4. The summed E-state index contributed by atoms with van der Waals surface area (Å²) in [6.45, 7) is 4.01. The van der Waals surface area contributed by atoms with Gasteiger partial charge in [-0.1, -0.05) is 20.3 Å². The van der Waals surface area contributed by atoms with Gasteiger partial charge in [-0.15, -0.1) is 0 Å². The molecule has 14 heteroatoms. The summed E-state index contributed by atoms with van der Waals surface area (Å²) in [6, 6.07) is -5.13. The van der Waals surface area contributed by atoms with Gasteiger partial charge in [-0.3, -0.25) is 24.0 Å². The molecule has 0 saturated carbocycles. The molecule has 0 fully saturated rings. The van der Waals surface area contributed by atoms with Gasteiger partial charge in [-0.25, -0.2) is 4.79 Å². The van der Waals surface area contributed by atoms with E-state index in [0.29, 0.717) is 25.8 Å². The highest BCUT2D eigenvalue weighted by molar-refractivity contribution is 5.94. The number of hydrogen-bond donors (Lipinski definition) is 8. The van der Waals surface area contributed by atoms with Crippen molar-refractivity contribution in [3.8, 4) is 0 Å². The molecule has 0 aliphatic rings. The lowest BCUT2D eigenvalue weighted by molar-refractivity contribution is -0.147. The van der Waals surface area contributed by atoms with E-state index in [-0.39, 0.29) is 25.2 Å². The molecule has 0 rings (SSSR count). The van der Waals surface area contributed by atoms with Gasteiger partial charge in [0.05, 0.1) is 12.5 Å². The molecule has 0 aliphatic heterocycles. The maximum absolute atomic E-state index is 13.0. The molecule has 0 aliphatic carbocycles. The van der Waals surface area contributed by atoms with E-state index in [0.717, 1.165) is 0 Å². The molecule has 5 atom stereocenters. The Labute approximate surface area is 203 Å². The molecule has 35 heavy (non-hydrogen) atoms. The highest BCUT2D eigenvalue weighted by Crippen LogP contribution is 2.09. The number of unbranched alkanes of at least 4 members (excludes halogenated alkanes) is 1. The monoisotopic (exact) mass is 502 g/mol. The largest absolute Gasteiger partial charge is 0.481 e. The van der Waals surface area contributed by atoms with E-state index < -0.39 is 66.2 Å². The van der Waals surface area contributed by atoms with E-state index in [1.54, 1.807) is 6.92 Å². The number of primary amides is 1. The molecule has 14 nitrogen and oxygen atoms in total. The van der Waals surface area contributed by atoms with Gasteiger partial charge in [-0.2, -0.15) is 0 Å². The summed E-state index contributed by atoms with van der Waals surface area (Å²) in [5.41, 5.74) is 16.6. The van der Waals surface area contributed by atoms with Gasteiger partial charge >= 0.3 is 11.9 Å². The number of aliphatic carboxylic acids is 2. The topological polar surface area (TPSA) is 257 Å². The number of nitrogens with two attached hydrogens (primary N) is 3. The SMILES string of the molecule is CCC(C)C(N)C(=O)NC(CCCCN)C(=O)NC(CCC(N)=O)C(=O)NC(CC(=O)O)C(=O)O. The maximum Gasteiger partial charge on any atom is 0.326 e. The summed E-state index contributed by atoms with van der Waals surface area (Å²) in [6.07, 6.45) is 0.366. The molecule has 0 saturated heterocycles. The molecule has 0 spiro atoms. The molecule has 0 bridgehead atoms. The molecular formula is C21H38N6O8. The first-order valence-corrected chi connectivity index (χ1v) is 11.4. The Morgan fingerprint density at radius 1 is 0.829 bits per heavy atom. The number of carbonyl (C=O) groups excluding carboxylic acids is 4. The molecule has 4 amide bonds. The molecule has 0 aromatic heterocycles. The Kier molecular flexibility index (Phi) is 14.9. The fourth-order valence-corrected chi connectivity index (χ4v) is 3.02. The van der Waals surface area contributed by atoms with Gasteiger partial charge in [0.1, 0.15) is 18.1 Å². The molecule has 0 aromatic carbocycles. The molecule has 5 unspecified atom stereocenters. The predicted molar refractivity (Wildman–Crippen MR) is 124 cm³/mol. The van der Waals surface area contributed by atoms with Crippen LogP contribution in [0.1, 0.15) is 58.8 Å². The highest BCUT2D eigenvalue weighted by atomic mass is 16.4. The number of rotatable bonds is 18. The van der Waals surface area contributed by atoms with Crippen LogP contribution in [0.25, 0.3) is 0 Å². The molecule has 200 valence electrons. The van der Waals surface area contributed by atoms with E-state index in [9.17, 15) is 28.8 Å². The number of carboxylic acids is 2. The maximum atomic E-state index is 13.0. The third-order valence-corrected chi connectivity index (χ3v) is 5.45. The van der Waals surface area contributed by atoms with Gasteiger partial charge in [0, 0.05) is 6.42 Å². The van der Waals surface area contributed by atoms with Gasteiger partial charge in [0.25, 0.3) is 0 Å². The Balaban J connectivity index is 5.63. The van der Waals surface area contributed by atoms with Crippen LogP contribution in [0.2, 0.25) is 0 Å². The van der Waals surface area contributed by atoms with Crippen molar-refractivity contribution >= 4 is 35.6 Å². The minimum absolute atomic E-state index is 0.154. The number of hydrogen-bond acceptors (Lipinski definition) is 8. The third-order valence-electron chi connectivity index (χ3n) is 5.45. The van der Waals surface area contributed by atoms with Crippen LogP contribution >= 0.6 is 0 Å². The van der Waals surface area contributed by atoms with Crippen LogP contribution < -0.4 is 33.2 Å². The van der Waals surface area contributed by atoms with Crippen LogP contribution in [0.4, 0.5) is 0 Å². The summed E-state index contributed by atoms with van der Waals surface area (Å²) in [5.74, 6) is -6.32. The summed E-state index contributed by atoms with van der Waals surface area (Å²) in [5, 5.41) is 25.0. The average molecular weight is 503 g/mol. The standard InChI is InChI=1S/C21H38N6O8/c1-3-11(2)17(24)20(33)26-12(6-4-5-9-22)18(31)25-13(7-8-15(23)28)19(32)27-14(21(34)35)10-16(29)30/h11-14,17H,3-10,22,24H2,1-2H3,(H2,23,28)(H,25,31)(H,26,33)(H,27,32)(H,29,30)(H,34,35). The minimum Gasteiger partial charge on any atom is -0.481 e. The Morgan fingerprint density at radius 3 is 1.80 bits per heavy atom. The molecular weight excluding hydrogens is 464 g/mol. The molecule has 11 N–H and O–H groups in total. The van der Waals surface area contributed by atoms with E-state index in [4.69, 9.17) is 27.4 Å². The zero-order valence-corrected chi connectivity index (χ0v) is 20.1. The van der Waals surface area contributed by atoms with Crippen LogP contribution in [0.5, 0.6) is 0 Å². The second-order valence-electron chi connectivity index (χ2n) is 8.32. The van der Waals surface area contributed by atoms with E-state index >= 15 is 0 Å². The van der Waals surface area contributed by atoms with Crippen molar-refractivity contribution < 1.29 is 39.0 Å². The van der Waals surface area contributed by atoms with Crippen molar-refractivity contribution in [1.82, 2.24) is 16.0 Å². The van der Waals surface area contributed by atoms with Crippen LogP contribution in [-0.2, 0) is 28.8 Å². The molecule has 0 heterocycles. The van der Waals surface area contributed by atoms with Crippen molar-refractivity contribution in [2.24, 2.45) is 23.1 Å². The number of carbonyl (C=O) groups is 6. The van der Waals surface area contributed by atoms with Crippen LogP contribution in [0.3, 0.4) is 0 Å². The summed E-state index contributed by atoms with van der Waals surface area (Å²) in [4.78, 5) is 71.6. The molecule has 0 aromatic rings. The van der Waals surface area contributed by atoms with E-state index in [2.05, 4.69) is 10.6 Å². The zero-order valence-electron chi connectivity index (χ0n) is 20.1. The van der Waals surface area contributed by atoms with E-state index in [1.165, 1.54) is 0 Å². The van der Waals surface area contributed by atoms with Crippen molar-refractivity contribution in [2.45, 2.75) is 83.0 Å². The summed E-state index contributed by atoms with van der Waals surface area (Å²) < 4.78 is 0. The van der Waals surface area contributed by atoms with Gasteiger partial charge in [-0.05, 0) is 38.1 Å². The first-order chi connectivity index (χ1) is 16.3. The fraction of sp³-hybridized carbons (Fsp3) is 0.714. The highest BCUT2D eigenvalue weighted by Gasteiger charge is 2.31. The van der Waals surface area contributed by atoms with Crippen molar-refractivity contribution in [1.29, 1.82) is 0 Å². The van der Waals surface area contributed by atoms with E-state index in [1.807, 2.05) is 12.2 Å². The lowest BCUT2D eigenvalue weighted by atomic mass is 9.98. The van der Waals surface area contributed by atoms with Crippen molar-refractivity contribution in [2.75, 3.05) is 6.54 Å². The van der Waals surface area contributed by atoms with Crippen LogP contribution in [-0.4, -0.2) is 76.5 Å². The lowest BCUT2D eigenvalue weighted by Gasteiger charge is -2.26. The minimum atomic E-state index is -1.76. The fourth-order valence-electron chi connectivity index (χ4n) is 3.02. The van der Waals surface area contributed by atoms with Crippen LogP contribution in [0, 0.1) is 5.92 Å². The Bertz CT molecular complexity index is 762. The van der Waals surface area contributed by atoms with Gasteiger partial charge in [0.2, 0.25) is 23.6 Å². The van der Waals surface area contributed by atoms with Gasteiger partial charge in [0.15, 0.2) is 0 Å². The quantitative estimate of drug-likeness (QED) is 0.0935. The summed E-state index contributed by atoms with van der Waals surface area (Å²) >= 11 is 0. The normalized spacial score (nSPS) is 15.1.